The van der Waals surface area contributed by atoms with Crippen molar-refractivity contribution in [1.82, 2.24) is 9.62 Å². The minimum absolute atomic E-state index is 0.0846. The number of halogens is 3. The molecule has 1 aliphatic rings. The van der Waals surface area contributed by atoms with E-state index in [9.17, 15) is 31.8 Å². The molecular formula is C22H27F3N2O6S. The van der Waals surface area contributed by atoms with E-state index in [1.807, 2.05) is 0 Å². The summed E-state index contributed by atoms with van der Waals surface area (Å²) in [6.45, 7) is 1.59. The van der Waals surface area contributed by atoms with Crippen LogP contribution in [0.5, 0.6) is 17.2 Å². The normalized spacial score (nSPS) is 16.8. The largest absolute Gasteiger partial charge is 0.573 e. The van der Waals surface area contributed by atoms with E-state index in [2.05, 4.69) is 10.1 Å². The molecule has 0 aliphatic carbocycles. The molecule has 34 heavy (non-hydrogen) atoms. The van der Waals surface area contributed by atoms with Crippen LogP contribution < -0.4 is 14.8 Å². The van der Waals surface area contributed by atoms with Gasteiger partial charge in [0, 0.05) is 19.6 Å². The molecule has 0 saturated carbocycles. The third-order valence-electron chi connectivity index (χ3n) is 5.36. The maximum absolute atomic E-state index is 12.8. The van der Waals surface area contributed by atoms with Gasteiger partial charge < -0.3 is 25.0 Å². The van der Waals surface area contributed by atoms with E-state index in [1.165, 1.54) is 16.4 Å². The Morgan fingerprint density at radius 2 is 1.62 bits per heavy atom. The molecule has 0 spiro atoms. The molecular weight excluding hydrogens is 477 g/mol. The van der Waals surface area contributed by atoms with E-state index >= 15 is 0 Å². The van der Waals surface area contributed by atoms with E-state index in [4.69, 9.17) is 4.74 Å². The maximum Gasteiger partial charge on any atom is 0.573 e. The van der Waals surface area contributed by atoms with Gasteiger partial charge in [-0.3, -0.25) is 0 Å². The Bertz CT molecular complexity index is 1010. The first-order valence-electron chi connectivity index (χ1n) is 10.7. The van der Waals surface area contributed by atoms with E-state index in [1.54, 1.807) is 12.1 Å². The summed E-state index contributed by atoms with van der Waals surface area (Å²) in [5.41, 5.74) is 0. The van der Waals surface area contributed by atoms with Crippen LogP contribution >= 0.6 is 0 Å². The third-order valence-corrected chi connectivity index (χ3v) is 7.27. The minimum atomic E-state index is -4.84. The highest BCUT2D eigenvalue weighted by Crippen LogP contribution is 2.27. The number of rotatable bonds is 10. The number of nitrogens with one attached hydrogen (secondary N) is 1. The molecule has 12 heteroatoms. The number of phenolic OH excluding ortho intramolecular Hbond substituents is 1. The Kier molecular flexibility index (Phi) is 8.63. The second-order valence-electron chi connectivity index (χ2n) is 7.98. The van der Waals surface area contributed by atoms with Crippen molar-refractivity contribution in [3.8, 4) is 17.2 Å². The van der Waals surface area contributed by atoms with Crippen molar-refractivity contribution in [1.29, 1.82) is 0 Å². The molecule has 2 aromatic carbocycles. The van der Waals surface area contributed by atoms with Gasteiger partial charge in [0.05, 0.1) is 4.90 Å². The van der Waals surface area contributed by atoms with Crippen molar-refractivity contribution in [3.05, 3.63) is 48.5 Å². The summed E-state index contributed by atoms with van der Waals surface area (Å²) in [6, 6.07) is 10.3. The third kappa shape index (κ3) is 7.76. The summed E-state index contributed by atoms with van der Waals surface area (Å²) in [5, 5.41) is 22.5. The highest BCUT2D eigenvalue weighted by Gasteiger charge is 2.32. The Labute approximate surface area is 196 Å². The Hall–Kier alpha value is -2.54. The fourth-order valence-electron chi connectivity index (χ4n) is 3.56. The Morgan fingerprint density at radius 1 is 1.03 bits per heavy atom. The standard InChI is InChI=1S/C22H27F3N2O6S/c23-22(24,25)33-20-5-7-21(8-6-20)34(30,31)27-11-9-16(10-12-27)13-26-14-18(29)15-32-19-3-1-17(28)2-4-19/h1-8,16,18,26,28-29H,9-15H2. The van der Waals surface area contributed by atoms with Crippen molar-refractivity contribution in [2.24, 2.45) is 5.92 Å². The molecule has 2 aromatic rings. The monoisotopic (exact) mass is 504 g/mol. The number of hydrogen-bond acceptors (Lipinski definition) is 7. The summed E-state index contributed by atoms with van der Waals surface area (Å²) in [7, 11) is -3.81. The van der Waals surface area contributed by atoms with Gasteiger partial charge in [-0.25, -0.2) is 8.42 Å². The minimum Gasteiger partial charge on any atom is -0.508 e. The second kappa shape index (κ2) is 11.3. The SMILES string of the molecule is O=S(=O)(c1ccc(OC(F)(F)F)cc1)N1CCC(CNCC(O)COc2ccc(O)cc2)CC1. The highest BCUT2D eigenvalue weighted by molar-refractivity contribution is 7.89. The van der Waals surface area contributed by atoms with Crippen molar-refractivity contribution >= 4 is 10.0 Å². The van der Waals surface area contributed by atoms with Gasteiger partial charge in [-0.05, 0) is 73.8 Å². The molecule has 3 rings (SSSR count). The lowest BCUT2D eigenvalue weighted by Gasteiger charge is -2.31. The molecule has 1 heterocycles. The number of benzene rings is 2. The van der Waals surface area contributed by atoms with Gasteiger partial charge in [0.2, 0.25) is 10.0 Å². The first-order valence-corrected chi connectivity index (χ1v) is 12.1. The molecule has 1 fully saturated rings. The lowest BCUT2D eigenvalue weighted by atomic mass is 9.98. The van der Waals surface area contributed by atoms with Gasteiger partial charge in [0.1, 0.15) is 30.0 Å². The average molecular weight is 505 g/mol. The van der Waals surface area contributed by atoms with Crippen LogP contribution in [-0.2, 0) is 10.0 Å². The predicted molar refractivity (Wildman–Crippen MR) is 117 cm³/mol. The van der Waals surface area contributed by atoms with E-state index in [0.29, 0.717) is 44.8 Å². The van der Waals surface area contributed by atoms with Crippen LogP contribution in [0.4, 0.5) is 13.2 Å². The van der Waals surface area contributed by atoms with E-state index in [0.717, 1.165) is 24.3 Å². The summed E-state index contributed by atoms with van der Waals surface area (Å²) in [6.07, 6.45) is -4.35. The molecule has 1 saturated heterocycles. The fourth-order valence-corrected chi connectivity index (χ4v) is 5.03. The zero-order valence-corrected chi connectivity index (χ0v) is 19.1. The topological polar surface area (TPSA) is 108 Å². The molecule has 0 amide bonds. The number of sulfonamides is 1. The van der Waals surface area contributed by atoms with Crippen LogP contribution in [0.2, 0.25) is 0 Å². The molecule has 0 bridgehead atoms. The molecule has 188 valence electrons. The first-order chi connectivity index (χ1) is 16.0. The van der Waals surface area contributed by atoms with Gasteiger partial charge in [0.25, 0.3) is 0 Å². The quantitative estimate of drug-likeness (QED) is 0.457. The van der Waals surface area contributed by atoms with Crippen molar-refractivity contribution in [2.45, 2.75) is 30.2 Å². The van der Waals surface area contributed by atoms with E-state index in [-0.39, 0.29) is 23.2 Å². The van der Waals surface area contributed by atoms with Crippen molar-refractivity contribution in [2.75, 3.05) is 32.8 Å². The lowest BCUT2D eigenvalue weighted by molar-refractivity contribution is -0.274. The fraction of sp³-hybridized carbons (Fsp3) is 0.455. The number of hydrogen-bond donors (Lipinski definition) is 3. The molecule has 8 nitrogen and oxygen atoms in total. The smallest absolute Gasteiger partial charge is 0.508 e. The van der Waals surface area contributed by atoms with Crippen LogP contribution in [0.1, 0.15) is 12.8 Å². The van der Waals surface area contributed by atoms with Crippen LogP contribution in [0.25, 0.3) is 0 Å². The number of ether oxygens (including phenoxy) is 2. The Morgan fingerprint density at radius 3 is 2.21 bits per heavy atom. The molecule has 0 radical (unpaired) electrons. The summed E-state index contributed by atoms with van der Waals surface area (Å²) >= 11 is 0. The van der Waals surface area contributed by atoms with Gasteiger partial charge in [-0.2, -0.15) is 4.31 Å². The highest BCUT2D eigenvalue weighted by atomic mass is 32.2. The number of piperidine rings is 1. The van der Waals surface area contributed by atoms with Crippen LogP contribution in [0, 0.1) is 5.92 Å². The Balaban J connectivity index is 1.39. The summed E-state index contributed by atoms with van der Waals surface area (Å²) in [4.78, 5) is -0.0876. The number of aromatic hydroxyl groups is 1. The predicted octanol–water partition coefficient (Wildman–Crippen LogP) is 2.72. The van der Waals surface area contributed by atoms with Crippen molar-refractivity contribution < 1.29 is 41.3 Å². The van der Waals surface area contributed by atoms with Gasteiger partial charge in [0.15, 0.2) is 0 Å². The maximum atomic E-state index is 12.8. The number of nitrogens with zero attached hydrogens (tertiary/aromatic N) is 1. The number of phenols is 1. The molecule has 1 aliphatic heterocycles. The summed E-state index contributed by atoms with van der Waals surface area (Å²) < 4.78 is 73.0. The second-order valence-corrected chi connectivity index (χ2v) is 9.92. The van der Waals surface area contributed by atoms with E-state index < -0.39 is 28.2 Å². The molecule has 1 unspecified atom stereocenters. The molecule has 0 aromatic heterocycles. The van der Waals surface area contributed by atoms with Gasteiger partial charge in [-0.1, -0.05) is 0 Å². The van der Waals surface area contributed by atoms with Crippen LogP contribution in [0.15, 0.2) is 53.4 Å². The zero-order valence-electron chi connectivity index (χ0n) is 18.2. The summed E-state index contributed by atoms with van der Waals surface area (Å²) in [5.74, 6) is 0.404. The first kappa shape index (κ1) is 26.1. The van der Waals surface area contributed by atoms with Crippen LogP contribution in [-0.4, -0.2) is 68.2 Å². The van der Waals surface area contributed by atoms with Gasteiger partial charge >= 0.3 is 6.36 Å². The number of aliphatic hydroxyl groups excluding tert-OH is 1. The number of aliphatic hydroxyl groups is 1. The van der Waals surface area contributed by atoms with Gasteiger partial charge in [-0.15, -0.1) is 13.2 Å². The lowest BCUT2D eigenvalue weighted by Crippen LogP contribution is -2.42. The molecule has 1 atom stereocenters. The van der Waals surface area contributed by atoms with Crippen LogP contribution in [0.3, 0.4) is 0 Å². The zero-order chi connectivity index (χ0) is 24.8. The number of alkyl halides is 3. The van der Waals surface area contributed by atoms with Crippen molar-refractivity contribution in [3.63, 3.8) is 0 Å². The molecule has 3 N–H and O–H groups in total. The average Bonchev–Trinajstić information content (AvgIpc) is 2.78.